The monoisotopic (exact) mass is 230 g/mol. The zero-order valence-electron chi connectivity index (χ0n) is 7.26. The minimum Gasteiger partial charge on any atom is -0.377 e. The van der Waals surface area contributed by atoms with E-state index in [9.17, 15) is 0 Å². The molecule has 12 heavy (non-hydrogen) atoms. The van der Waals surface area contributed by atoms with E-state index < -0.39 is 0 Å². The summed E-state index contributed by atoms with van der Waals surface area (Å²) in [6.07, 6.45) is 7.54. The lowest BCUT2D eigenvalue weighted by molar-refractivity contribution is -0.206. The van der Waals surface area contributed by atoms with Crippen LogP contribution in [-0.4, -0.2) is 17.5 Å². The maximum absolute atomic E-state index is 5.88. The van der Waals surface area contributed by atoms with Crippen molar-refractivity contribution >= 4 is 15.9 Å². The predicted molar refractivity (Wildman–Crippen MR) is 51.5 cm³/mol. The van der Waals surface area contributed by atoms with Gasteiger partial charge in [0.25, 0.3) is 0 Å². The molecule has 0 aromatic carbocycles. The molecule has 0 amide bonds. The third-order valence-electron chi connectivity index (χ3n) is 4.14. The van der Waals surface area contributed by atoms with E-state index in [1.807, 2.05) is 0 Å². The first kappa shape index (κ1) is 7.81. The zero-order chi connectivity index (χ0) is 8.18. The van der Waals surface area contributed by atoms with Crippen molar-refractivity contribution in [3.05, 3.63) is 0 Å². The Balaban J connectivity index is 1.80. The largest absolute Gasteiger partial charge is 0.377 e. The Morgan fingerprint density at radius 2 is 2.08 bits per heavy atom. The third kappa shape index (κ3) is 0.741. The Labute approximate surface area is 82.0 Å². The first-order valence-electron chi connectivity index (χ1n) is 5.10. The van der Waals surface area contributed by atoms with Crippen LogP contribution in [0.3, 0.4) is 0 Å². The topological polar surface area (TPSA) is 9.23 Å². The van der Waals surface area contributed by atoms with Crippen molar-refractivity contribution in [3.63, 3.8) is 0 Å². The van der Waals surface area contributed by atoms with Crippen LogP contribution < -0.4 is 0 Å². The summed E-state index contributed by atoms with van der Waals surface area (Å²) in [4.78, 5) is 0.782. The second-order valence-corrected chi connectivity index (χ2v) is 5.57. The van der Waals surface area contributed by atoms with Gasteiger partial charge in [0.15, 0.2) is 0 Å². The fraction of sp³-hybridized carbons (Fsp3) is 1.00. The van der Waals surface area contributed by atoms with Gasteiger partial charge in [0.2, 0.25) is 0 Å². The molecule has 1 saturated heterocycles. The molecule has 2 aliphatic carbocycles. The summed E-state index contributed by atoms with van der Waals surface area (Å²) in [5, 5.41) is 0. The summed E-state index contributed by atoms with van der Waals surface area (Å²) in [5.41, 5.74) is 0.588. The van der Waals surface area contributed by atoms with Crippen LogP contribution >= 0.6 is 15.9 Å². The minimum absolute atomic E-state index is 0.588. The lowest BCUT2D eigenvalue weighted by Crippen LogP contribution is -2.67. The highest BCUT2D eigenvalue weighted by molar-refractivity contribution is 9.09. The average molecular weight is 231 g/mol. The van der Waals surface area contributed by atoms with Crippen LogP contribution in [-0.2, 0) is 4.74 Å². The Bertz CT molecular complexity index is 200. The first-order chi connectivity index (χ1) is 5.84. The van der Waals surface area contributed by atoms with Crippen LogP contribution in [0.5, 0.6) is 0 Å². The van der Waals surface area contributed by atoms with E-state index >= 15 is 0 Å². The Kier molecular flexibility index (Phi) is 1.61. The number of ether oxygens (including phenoxy) is 1. The van der Waals surface area contributed by atoms with Crippen molar-refractivity contribution in [2.24, 2.45) is 11.3 Å². The molecule has 1 spiro atoms. The SMILES string of the molecule is Br[C@@H]1[C@H]2CCCO[C@@H]2C12CCC2. The maximum atomic E-state index is 5.88. The summed E-state index contributed by atoms with van der Waals surface area (Å²) in [6.45, 7) is 1.02. The van der Waals surface area contributed by atoms with Crippen molar-refractivity contribution in [1.82, 2.24) is 0 Å². The van der Waals surface area contributed by atoms with Gasteiger partial charge in [-0.05, 0) is 31.6 Å². The van der Waals surface area contributed by atoms with Crippen LogP contribution in [0.2, 0.25) is 0 Å². The molecular weight excluding hydrogens is 216 g/mol. The van der Waals surface area contributed by atoms with Crippen LogP contribution in [0.4, 0.5) is 0 Å². The minimum atomic E-state index is 0.588. The van der Waals surface area contributed by atoms with Crippen molar-refractivity contribution in [1.29, 1.82) is 0 Å². The molecule has 1 heterocycles. The first-order valence-corrected chi connectivity index (χ1v) is 6.02. The molecule has 2 saturated carbocycles. The number of alkyl halides is 1. The fourth-order valence-electron chi connectivity index (χ4n) is 3.31. The van der Waals surface area contributed by atoms with E-state index in [1.165, 1.54) is 32.1 Å². The van der Waals surface area contributed by atoms with Gasteiger partial charge >= 0.3 is 0 Å². The van der Waals surface area contributed by atoms with Gasteiger partial charge in [-0.2, -0.15) is 0 Å². The van der Waals surface area contributed by atoms with Gasteiger partial charge in [-0.3, -0.25) is 0 Å². The molecular formula is C10H15BrO. The molecule has 0 aromatic heterocycles. The standard InChI is InChI=1S/C10H15BrO/c11-8-7-3-1-6-12-9(7)10(8)4-2-5-10/h7-9H,1-6H2/t7-,8-,9+/m1/s1. The lowest BCUT2D eigenvalue weighted by Gasteiger charge is -2.65. The van der Waals surface area contributed by atoms with Crippen molar-refractivity contribution in [2.45, 2.75) is 43.0 Å². The molecule has 3 fully saturated rings. The lowest BCUT2D eigenvalue weighted by atomic mass is 9.48. The average Bonchev–Trinajstić information content (AvgIpc) is 2.01. The van der Waals surface area contributed by atoms with E-state index in [-0.39, 0.29) is 0 Å². The summed E-state index contributed by atoms with van der Waals surface area (Å²) < 4.78 is 5.88. The molecule has 3 aliphatic rings. The summed E-state index contributed by atoms with van der Waals surface area (Å²) in [5.74, 6) is 0.846. The molecule has 0 bridgehead atoms. The Morgan fingerprint density at radius 1 is 1.25 bits per heavy atom. The van der Waals surface area contributed by atoms with Crippen LogP contribution in [0.15, 0.2) is 0 Å². The van der Waals surface area contributed by atoms with Gasteiger partial charge in [0, 0.05) is 16.8 Å². The molecule has 0 radical (unpaired) electrons. The molecule has 0 unspecified atom stereocenters. The Hall–Kier alpha value is 0.440. The number of fused-ring (bicyclic) bond motifs is 2. The summed E-state index contributed by atoms with van der Waals surface area (Å²) in [6, 6.07) is 0. The summed E-state index contributed by atoms with van der Waals surface area (Å²) >= 11 is 3.86. The van der Waals surface area contributed by atoms with Gasteiger partial charge in [-0.25, -0.2) is 0 Å². The van der Waals surface area contributed by atoms with E-state index in [0.717, 1.165) is 17.4 Å². The molecule has 1 nitrogen and oxygen atoms in total. The van der Waals surface area contributed by atoms with Gasteiger partial charge < -0.3 is 4.74 Å². The third-order valence-corrected chi connectivity index (χ3v) is 5.74. The molecule has 1 aliphatic heterocycles. The molecule has 3 atom stereocenters. The summed E-state index contributed by atoms with van der Waals surface area (Å²) in [7, 11) is 0. The normalized spacial score (nSPS) is 49.2. The fourth-order valence-corrected chi connectivity index (χ4v) is 4.57. The maximum Gasteiger partial charge on any atom is 0.0681 e. The number of hydrogen-bond acceptors (Lipinski definition) is 1. The smallest absolute Gasteiger partial charge is 0.0681 e. The second kappa shape index (κ2) is 2.48. The zero-order valence-corrected chi connectivity index (χ0v) is 8.85. The van der Waals surface area contributed by atoms with E-state index in [4.69, 9.17) is 4.74 Å². The highest BCUT2D eigenvalue weighted by Crippen LogP contribution is 2.64. The van der Waals surface area contributed by atoms with Crippen LogP contribution in [0.25, 0.3) is 0 Å². The quantitative estimate of drug-likeness (QED) is 0.582. The van der Waals surface area contributed by atoms with Crippen molar-refractivity contribution < 1.29 is 4.74 Å². The van der Waals surface area contributed by atoms with Crippen LogP contribution in [0, 0.1) is 11.3 Å². The van der Waals surface area contributed by atoms with Gasteiger partial charge in [0.05, 0.1) is 6.10 Å². The Morgan fingerprint density at radius 3 is 2.75 bits per heavy atom. The van der Waals surface area contributed by atoms with E-state index in [1.54, 1.807) is 0 Å². The predicted octanol–water partition coefficient (Wildman–Crippen LogP) is 2.73. The number of hydrogen-bond donors (Lipinski definition) is 0. The van der Waals surface area contributed by atoms with Crippen LogP contribution in [0.1, 0.15) is 32.1 Å². The molecule has 68 valence electrons. The molecule has 2 heteroatoms. The van der Waals surface area contributed by atoms with E-state index in [0.29, 0.717) is 11.5 Å². The van der Waals surface area contributed by atoms with Crippen molar-refractivity contribution in [3.8, 4) is 0 Å². The van der Waals surface area contributed by atoms with E-state index in [2.05, 4.69) is 15.9 Å². The van der Waals surface area contributed by atoms with Gasteiger partial charge in [-0.1, -0.05) is 22.4 Å². The molecule has 0 N–H and O–H groups in total. The van der Waals surface area contributed by atoms with Gasteiger partial charge in [0.1, 0.15) is 0 Å². The number of rotatable bonds is 0. The van der Waals surface area contributed by atoms with Crippen molar-refractivity contribution in [2.75, 3.05) is 6.61 Å². The highest BCUT2D eigenvalue weighted by atomic mass is 79.9. The van der Waals surface area contributed by atoms with Gasteiger partial charge in [-0.15, -0.1) is 0 Å². The number of halogens is 1. The molecule has 0 aromatic rings. The second-order valence-electron chi connectivity index (χ2n) is 4.59. The highest BCUT2D eigenvalue weighted by Gasteiger charge is 2.64. The molecule has 3 rings (SSSR count).